The van der Waals surface area contributed by atoms with Crippen molar-refractivity contribution in [2.75, 3.05) is 0 Å². The molecule has 124 valence electrons. The molecule has 0 aliphatic heterocycles. The molecule has 0 radical (unpaired) electrons. The average Bonchev–Trinajstić information content (AvgIpc) is 2.60. The quantitative estimate of drug-likeness (QED) is 0.792. The predicted molar refractivity (Wildman–Crippen MR) is 96.4 cm³/mol. The van der Waals surface area contributed by atoms with E-state index in [1.54, 1.807) is 19.1 Å². The summed E-state index contributed by atoms with van der Waals surface area (Å²) >= 11 is 6.04. The molecule has 0 spiro atoms. The normalized spacial score (nSPS) is 11.9. The highest BCUT2D eigenvalue weighted by atomic mass is 35.5. The number of benzene rings is 2. The zero-order valence-corrected chi connectivity index (χ0v) is 14.1. The minimum Gasteiger partial charge on any atom is -0.350 e. The Morgan fingerprint density at radius 1 is 1.08 bits per heavy atom. The molecule has 24 heavy (non-hydrogen) atoms. The van der Waals surface area contributed by atoms with E-state index in [4.69, 9.17) is 11.6 Å². The molecule has 2 rings (SSSR count). The van der Waals surface area contributed by atoms with Crippen molar-refractivity contribution in [1.82, 2.24) is 10.6 Å². The Labute approximate surface area is 146 Å². The van der Waals surface area contributed by atoms with Crippen LogP contribution in [0.25, 0.3) is 6.08 Å². The van der Waals surface area contributed by atoms with Crippen LogP contribution >= 0.6 is 11.6 Å². The fourth-order valence-corrected chi connectivity index (χ4v) is 2.24. The molecule has 1 atom stereocenters. The lowest BCUT2D eigenvalue weighted by molar-refractivity contribution is -0.126. The Morgan fingerprint density at radius 2 is 1.75 bits per heavy atom. The zero-order chi connectivity index (χ0) is 17.4. The van der Waals surface area contributed by atoms with E-state index in [2.05, 4.69) is 10.6 Å². The number of halogens is 1. The summed E-state index contributed by atoms with van der Waals surface area (Å²) in [5.41, 5.74) is 1.75. The molecular formula is C19H19ClN2O2. The molecule has 0 aliphatic carbocycles. The number of carbonyl (C=O) groups excluding carboxylic acids is 2. The lowest BCUT2D eigenvalue weighted by Crippen LogP contribution is -2.44. The summed E-state index contributed by atoms with van der Waals surface area (Å²) in [5.74, 6) is -0.587. The highest BCUT2D eigenvalue weighted by Gasteiger charge is 2.14. The van der Waals surface area contributed by atoms with Crippen LogP contribution in [0.3, 0.4) is 0 Å². The number of carbonyl (C=O) groups is 2. The molecular weight excluding hydrogens is 324 g/mol. The van der Waals surface area contributed by atoms with E-state index < -0.39 is 6.04 Å². The maximum absolute atomic E-state index is 12.0. The van der Waals surface area contributed by atoms with E-state index in [9.17, 15) is 9.59 Å². The van der Waals surface area contributed by atoms with Crippen molar-refractivity contribution < 1.29 is 9.59 Å². The molecule has 0 fully saturated rings. The average molecular weight is 343 g/mol. The minimum absolute atomic E-state index is 0.267. The lowest BCUT2D eigenvalue weighted by Gasteiger charge is -2.13. The summed E-state index contributed by atoms with van der Waals surface area (Å²) in [6.45, 7) is 1.95. The standard InChI is InChI=1S/C19H19ClN2O2/c1-14(19(24)21-13-16-9-5-6-10-17(16)20)22-18(23)12-11-15-7-3-2-4-8-15/h2-12,14H,13H2,1H3,(H,21,24)(H,22,23)/b12-11+/t14-/m0/s1. The first-order chi connectivity index (χ1) is 11.6. The SMILES string of the molecule is C[C@H](NC(=O)/C=C/c1ccccc1)C(=O)NCc1ccccc1Cl. The van der Waals surface area contributed by atoms with Crippen LogP contribution in [0.2, 0.25) is 5.02 Å². The number of amides is 2. The first-order valence-corrected chi connectivity index (χ1v) is 7.99. The highest BCUT2D eigenvalue weighted by Crippen LogP contribution is 2.14. The van der Waals surface area contributed by atoms with Crippen LogP contribution in [0.4, 0.5) is 0 Å². The fraction of sp³-hybridized carbons (Fsp3) is 0.158. The summed E-state index contributed by atoms with van der Waals surface area (Å²) in [6.07, 6.45) is 3.11. The Bertz CT molecular complexity index is 729. The van der Waals surface area contributed by atoms with Crippen LogP contribution in [-0.4, -0.2) is 17.9 Å². The van der Waals surface area contributed by atoms with Gasteiger partial charge in [-0.1, -0.05) is 60.1 Å². The van der Waals surface area contributed by atoms with Crippen LogP contribution in [-0.2, 0) is 16.1 Å². The van der Waals surface area contributed by atoms with Gasteiger partial charge in [-0.05, 0) is 30.2 Å². The molecule has 2 aromatic rings. The van der Waals surface area contributed by atoms with Crippen molar-refractivity contribution in [3.05, 3.63) is 76.8 Å². The molecule has 2 aromatic carbocycles. The second-order valence-corrected chi connectivity index (χ2v) is 5.69. The Morgan fingerprint density at radius 3 is 2.46 bits per heavy atom. The highest BCUT2D eigenvalue weighted by molar-refractivity contribution is 6.31. The third kappa shape index (κ3) is 5.56. The molecule has 2 N–H and O–H groups in total. The van der Waals surface area contributed by atoms with Crippen LogP contribution in [0, 0.1) is 0 Å². The van der Waals surface area contributed by atoms with E-state index in [0.717, 1.165) is 11.1 Å². The Kier molecular flexibility index (Phi) is 6.58. The molecule has 5 heteroatoms. The number of hydrogen-bond acceptors (Lipinski definition) is 2. The summed E-state index contributed by atoms with van der Waals surface area (Å²) < 4.78 is 0. The predicted octanol–water partition coefficient (Wildman–Crippen LogP) is 3.17. The lowest BCUT2D eigenvalue weighted by atomic mass is 10.2. The van der Waals surface area contributed by atoms with Crippen molar-refractivity contribution in [3.63, 3.8) is 0 Å². The largest absolute Gasteiger partial charge is 0.350 e. The van der Waals surface area contributed by atoms with Crippen LogP contribution < -0.4 is 10.6 Å². The molecule has 0 aromatic heterocycles. The maximum Gasteiger partial charge on any atom is 0.244 e. The van der Waals surface area contributed by atoms with Gasteiger partial charge in [-0.25, -0.2) is 0 Å². The van der Waals surface area contributed by atoms with Gasteiger partial charge in [-0.2, -0.15) is 0 Å². The van der Waals surface area contributed by atoms with Crippen LogP contribution in [0.15, 0.2) is 60.7 Å². The van der Waals surface area contributed by atoms with Crippen molar-refractivity contribution in [2.45, 2.75) is 19.5 Å². The summed E-state index contributed by atoms with van der Waals surface area (Å²) in [7, 11) is 0. The van der Waals surface area contributed by atoms with Gasteiger partial charge in [-0.3, -0.25) is 9.59 Å². The van der Waals surface area contributed by atoms with E-state index in [0.29, 0.717) is 11.6 Å². The van der Waals surface area contributed by atoms with Gasteiger partial charge < -0.3 is 10.6 Å². The number of hydrogen-bond donors (Lipinski definition) is 2. The molecule has 0 bridgehead atoms. The van der Waals surface area contributed by atoms with Crippen molar-refractivity contribution >= 4 is 29.5 Å². The first-order valence-electron chi connectivity index (χ1n) is 7.61. The van der Waals surface area contributed by atoms with E-state index in [-0.39, 0.29) is 11.8 Å². The number of nitrogens with one attached hydrogen (secondary N) is 2. The summed E-state index contributed by atoms with van der Waals surface area (Å²) in [6, 6.07) is 16.1. The van der Waals surface area contributed by atoms with E-state index in [1.165, 1.54) is 6.08 Å². The monoisotopic (exact) mass is 342 g/mol. The van der Waals surface area contributed by atoms with Gasteiger partial charge in [0.2, 0.25) is 11.8 Å². The molecule has 0 saturated carbocycles. The third-order valence-corrected chi connectivity index (χ3v) is 3.76. The molecule has 0 saturated heterocycles. The summed E-state index contributed by atoms with van der Waals surface area (Å²) in [4.78, 5) is 23.9. The van der Waals surface area contributed by atoms with E-state index in [1.807, 2.05) is 48.5 Å². The molecule has 0 unspecified atom stereocenters. The topological polar surface area (TPSA) is 58.2 Å². The number of rotatable bonds is 6. The van der Waals surface area contributed by atoms with Gasteiger partial charge in [0.1, 0.15) is 6.04 Å². The van der Waals surface area contributed by atoms with E-state index >= 15 is 0 Å². The second kappa shape index (κ2) is 8.89. The van der Waals surface area contributed by atoms with Gasteiger partial charge in [0.25, 0.3) is 0 Å². The molecule has 0 aliphatic rings. The Balaban J connectivity index is 1.81. The van der Waals surface area contributed by atoms with Gasteiger partial charge in [0, 0.05) is 17.6 Å². The summed E-state index contributed by atoms with van der Waals surface area (Å²) in [5, 5.41) is 5.98. The first kappa shape index (κ1) is 17.8. The van der Waals surface area contributed by atoms with Crippen molar-refractivity contribution in [2.24, 2.45) is 0 Å². The van der Waals surface area contributed by atoms with Crippen molar-refractivity contribution in [1.29, 1.82) is 0 Å². The van der Waals surface area contributed by atoms with Gasteiger partial charge >= 0.3 is 0 Å². The maximum atomic E-state index is 12.0. The van der Waals surface area contributed by atoms with Gasteiger partial charge in [0.15, 0.2) is 0 Å². The zero-order valence-electron chi connectivity index (χ0n) is 13.3. The van der Waals surface area contributed by atoms with Crippen molar-refractivity contribution in [3.8, 4) is 0 Å². The third-order valence-electron chi connectivity index (χ3n) is 3.39. The minimum atomic E-state index is -0.639. The smallest absolute Gasteiger partial charge is 0.244 e. The fourth-order valence-electron chi connectivity index (χ4n) is 2.04. The van der Waals surface area contributed by atoms with Crippen LogP contribution in [0.5, 0.6) is 0 Å². The molecule has 0 heterocycles. The van der Waals surface area contributed by atoms with Crippen LogP contribution in [0.1, 0.15) is 18.1 Å². The van der Waals surface area contributed by atoms with Gasteiger partial charge in [0.05, 0.1) is 0 Å². The molecule has 4 nitrogen and oxygen atoms in total. The second-order valence-electron chi connectivity index (χ2n) is 5.28. The Hall–Kier alpha value is -2.59. The van der Waals surface area contributed by atoms with Gasteiger partial charge in [-0.15, -0.1) is 0 Å². The molecule has 2 amide bonds.